The Bertz CT molecular complexity index is 860. The van der Waals surface area contributed by atoms with E-state index in [1.54, 1.807) is 12.3 Å². The van der Waals surface area contributed by atoms with Gasteiger partial charge >= 0.3 is 0 Å². The van der Waals surface area contributed by atoms with Gasteiger partial charge in [-0.05, 0) is 35.1 Å². The van der Waals surface area contributed by atoms with Crippen molar-refractivity contribution in [3.05, 3.63) is 76.2 Å². The number of carbonyl (C=O) groups excluding carboxylic acids is 2. The highest BCUT2D eigenvalue weighted by molar-refractivity contribution is 7.12. The molecule has 0 saturated heterocycles. The molecular weight excluding hydrogens is 360 g/mol. The van der Waals surface area contributed by atoms with Crippen molar-refractivity contribution in [2.75, 3.05) is 6.54 Å². The first-order valence-electron chi connectivity index (χ1n) is 8.85. The monoisotopic (exact) mass is 382 g/mol. The zero-order valence-electron chi connectivity index (χ0n) is 14.9. The maximum Gasteiger partial charge on any atom is 0.261 e. The molecule has 2 amide bonds. The van der Waals surface area contributed by atoms with Crippen LogP contribution in [0.2, 0.25) is 0 Å². The maximum absolute atomic E-state index is 12.1. The van der Waals surface area contributed by atoms with E-state index < -0.39 is 0 Å². The van der Waals surface area contributed by atoms with E-state index in [0.29, 0.717) is 37.4 Å². The fourth-order valence-electron chi connectivity index (χ4n) is 2.68. The van der Waals surface area contributed by atoms with Crippen LogP contribution in [-0.2, 0) is 17.9 Å². The molecular formula is C20H22N4O2S. The number of nitrogens with one attached hydrogen (secondary N) is 2. The van der Waals surface area contributed by atoms with Crippen molar-refractivity contribution in [2.45, 2.75) is 25.9 Å². The molecule has 2 aromatic heterocycles. The highest BCUT2D eigenvalue weighted by Gasteiger charge is 2.08. The standard InChI is InChI=1S/C20H22N4O2S/c25-19(9-3-10-21-20(26)18-8-4-13-27-18)22-14-16-6-1-2-7-17(16)15-24-12-5-11-23-24/h1-2,4-8,11-13H,3,9-10,14-15H2,(H,21,26)(H,22,25). The summed E-state index contributed by atoms with van der Waals surface area (Å²) >= 11 is 1.41. The molecule has 0 aliphatic rings. The Balaban J connectivity index is 1.40. The Labute approximate surface area is 162 Å². The molecule has 0 saturated carbocycles. The summed E-state index contributed by atoms with van der Waals surface area (Å²) in [4.78, 5) is 24.6. The fourth-order valence-corrected chi connectivity index (χ4v) is 3.32. The van der Waals surface area contributed by atoms with Gasteiger partial charge in [0.25, 0.3) is 5.91 Å². The molecule has 1 aromatic carbocycles. The van der Waals surface area contributed by atoms with Crippen LogP contribution in [0.1, 0.15) is 33.6 Å². The summed E-state index contributed by atoms with van der Waals surface area (Å²) in [6, 6.07) is 13.5. The predicted molar refractivity (Wildman–Crippen MR) is 106 cm³/mol. The molecule has 0 bridgehead atoms. The number of carbonyl (C=O) groups is 2. The topological polar surface area (TPSA) is 76.0 Å². The van der Waals surface area contributed by atoms with Crippen molar-refractivity contribution < 1.29 is 9.59 Å². The third kappa shape index (κ3) is 5.79. The highest BCUT2D eigenvalue weighted by atomic mass is 32.1. The number of hydrogen-bond acceptors (Lipinski definition) is 4. The number of benzene rings is 1. The van der Waals surface area contributed by atoms with Crippen LogP contribution in [0, 0.1) is 0 Å². The third-order valence-electron chi connectivity index (χ3n) is 4.10. The number of rotatable bonds is 9. The van der Waals surface area contributed by atoms with Gasteiger partial charge in [0.15, 0.2) is 0 Å². The smallest absolute Gasteiger partial charge is 0.261 e. The summed E-state index contributed by atoms with van der Waals surface area (Å²) in [6.45, 7) is 1.64. The summed E-state index contributed by atoms with van der Waals surface area (Å²) in [5.74, 6) is -0.104. The van der Waals surface area contributed by atoms with Crippen molar-refractivity contribution in [2.24, 2.45) is 0 Å². The Morgan fingerprint density at radius 1 is 1.04 bits per heavy atom. The van der Waals surface area contributed by atoms with Crippen LogP contribution in [0.25, 0.3) is 0 Å². The molecule has 0 unspecified atom stereocenters. The number of hydrogen-bond donors (Lipinski definition) is 2. The third-order valence-corrected chi connectivity index (χ3v) is 4.97. The molecule has 0 fully saturated rings. The minimum atomic E-state index is -0.0852. The predicted octanol–water partition coefficient (Wildman–Crippen LogP) is 2.82. The van der Waals surface area contributed by atoms with Gasteiger partial charge in [0, 0.05) is 31.9 Å². The van der Waals surface area contributed by atoms with Crippen LogP contribution < -0.4 is 10.6 Å². The number of thiophene rings is 1. The molecule has 27 heavy (non-hydrogen) atoms. The van der Waals surface area contributed by atoms with Crippen molar-refractivity contribution >= 4 is 23.2 Å². The zero-order chi connectivity index (χ0) is 18.9. The van der Waals surface area contributed by atoms with E-state index in [1.165, 1.54) is 11.3 Å². The second kappa shape index (κ2) is 9.68. The lowest BCUT2D eigenvalue weighted by Crippen LogP contribution is -2.27. The van der Waals surface area contributed by atoms with E-state index in [0.717, 1.165) is 11.1 Å². The van der Waals surface area contributed by atoms with E-state index in [2.05, 4.69) is 15.7 Å². The van der Waals surface area contributed by atoms with Gasteiger partial charge in [-0.1, -0.05) is 30.3 Å². The number of nitrogens with zero attached hydrogens (tertiary/aromatic N) is 2. The SMILES string of the molecule is O=C(CCCNC(=O)c1cccs1)NCc1ccccc1Cn1cccn1. The van der Waals surface area contributed by atoms with E-state index >= 15 is 0 Å². The average Bonchev–Trinajstić information content (AvgIpc) is 3.38. The normalized spacial score (nSPS) is 10.5. The van der Waals surface area contributed by atoms with Gasteiger partial charge in [0.1, 0.15) is 0 Å². The summed E-state index contributed by atoms with van der Waals surface area (Å²) in [6.07, 6.45) is 4.66. The van der Waals surface area contributed by atoms with Gasteiger partial charge < -0.3 is 10.6 Å². The minimum Gasteiger partial charge on any atom is -0.352 e. The lowest BCUT2D eigenvalue weighted by atomic mass is 10.1. The Morgan fingerprint density at radius 3 is 2.63 bits per heavy atom. The molecule has 6 nitrogen and oxygen atoms in total. The van der Waals surface area contributed by atoms with Crippen LogP contribution in [0.4, 0.5) is 0 Å². The van der Waals surface area contributed by atoms with Crippen LogP contribution in [0.5, 0.6) is 0 Å². The summed E-state index contributed by atoms with van der Waals surface area (Å²) < 4.78 is 1.86. The molecule has 0 atom stereocenters. The summed E-state index contributed by atoms with van der Waals surface area (Å²) in [5.41, 5.74) is 2.21. The zero-order valence-corrected chi connectivity index (χ0v) is 15.7. The molecule has 3 aromatic rings. The van der Waals surface area contributed by atoms with Crippen LogP contribution in [0.15, 0.2) is 60.2 Å². The van der Waals surface area contributed by atoms with Gasteiger partial charge in [0.2, 0.25) is 5.91 Å². The molecule has 0 spiro atoms. The molecule has 2 N–H and O–H groups in total. The van der Waals surface area contributed by atoms with Crippen LogP contribution >= 0.6 is 11.3 Å². The molecule has 0 aliphatic heterocycles. The Morgan fingerprint density at radius 2 is 1.89 bits per heavy atom. The van der Waals surface area contributed by atoms with Gasteiger partial charge in [0.05, 0.1) is 11.4 Å². The quantitative estimate of drug-likeness (QED) is 0.559. The molecule has 140 valence electrons. The van der Waals surface area contributed by atoms with Crippen molar-refractivity contribution in [3.8, 4) is 0 Å². The summed E-state index contributed by atoms with van der Waals surface area (Å²) in [5, 5.41) is 11.9. The molecule has 0 aliphatic carbocycles. The van der Waals surface area contributed by atoms with Gasteiger partial charge in [-0.15, -0.1) is 11.3 Å². The van der Waals surface area contributed by atoms with Crippen LogP contribution in [0.3, 0.4) is 0 Å². The van der Waals surface area contributed by atoms with E-state index in [9.17, 15) is 9.59 Å². The first kappa shape index (κ1) is 18.8. The lowest BCUT2D eigenvalue weighted by molar-refractivity contribution is -0.121. The number of amides is 2. The molecule has 7 heteroatoms. The Hall–Kier alpha value is -2.93. The second-order valence-corrected chi connectivity index (χ2v) is 7.03. The minimum absolute atomic E-state index is 0.0192. The largest absolute Gasteiger partial charge is 0.352 e. The second-order valence-electron chi connectivity index (χ2n) is 6.09. The van der Waals surface area contributed by atoms with E-state index in [-0.39, 0.29) is 11.8 Å². The van der Waals surface area contributed by atoms with Crippen molar-refractivity contribution in [1.29, 1.82) is 0 Å². The van der Waals surface area contributed by atoms with E-state index in [4.69, 9.17) is 0 Å². The highest BCUT2D eigenvalue weighted by Crippen LogP contribution is 2.10. The van der Waals surface area contributed by atoms with Crippen molar-refractivity contribution in [3.63, 3.8) is 0 Å². The molecule has 2 heterocycles. The Kier molecular flexibility index (Phi) is 6.76. The van der Waals surface area contributed by atoms with Gasteiger partial charge in [-0.25, -0.2) is 0 Å². The van der Waals surface area contributed by atoms with Gasteiger partial charge in [-0.2, -0.15) is 5.10 Å². The summed E-state index contributed by atoms with van der Waals surface area (Å²) in [7, 11) is 0. The van der Waals surface area contributed by atoms with Gasteiger partial charge in [-0.3, -0.25) is 14.3 Å². The van der Waals surface area contributed by atoms with Crippen LogP contribution in [-0.4, -0.2) is 28.1 Å². The maximum atomic E-state index is 12.1. The van der Waals surface area contributed by atoms with Crippen molar-refractivity contribution in [1.82, 2.24) is 20.4 Å². The molecule has 3 rings (SSSR count). The first-order valence-corrected chi connectivity index (χ1v) is 9.73. The average molecular weight is 382 g/mol. The first-order chi connectivity index (χ1) is 13.2. The lowest BCUT2D eigenvalue weighted by Gasteiger charge is -2.11. The van der Waals surface area contributed by atoms with E-state index in [1.807, 2.05) is 52.7 Å². The number of aromatic nitrogens is 2. The molecule has 0 radical (unpaired) electrons. The fraction of sp³-hybridized carbons (Fsp3) is 0.250.